The van der Waals surface area contributed by atoms with Crippen molar-refractivity contribution in [2.24, 2.45) is 11.8 Å². The minimum atomic E-state index is -0.0947. The van der Waals surface area contributed by atoms with Crippen LogP contribution >= 0.6 is 0 Å². The highest BCUT2D eigenvalue weighted by atomic mass is 16.1. The third kappa shape index (κ3) is 6.11. The Balaban J connectivity index is 1.08. The van der Waals surface area contributed by atoms with Gasteiger partial charge in [-0.1, -0.05) is 49.6 Å². The zero-order valence-corrected chi connectivity index (χ0v) is 22.7. The van der Waals surface area contributed by atoms with E-state index in [0.717, 1.165) is 35.2 Å². The molecule has 3 heterocycles. The number of likely N-dealkylation sites (tertiary alicyclic amines) is 1. The number of carbonyl (C=O) groups is 2. The molecule has 1 aliphatic carbocycles. The minimum absolute atomic E-state index is 0.0947. The van der Waals surface area contributed by atoms with Gasteiger partial charge >= 0.3 is 0 Å². The molecule has 2 aliphatic rings. The second-order valence-electron chi connectivity index (χ2n) is 11.6. The Bertz CT molecular complexity index is 1470. The van der Waals surface area contributed by atoms with Gasteiger partial charge in [0.2, 0.25) is 0 Å². The maximum absolute atomic E-state index is 13.3. The molecule has 0 bridgehead atoms. The van der Waals surface area contributed by atoms with Crippen LogP contribution < -0.4 is 0 Å². The Kier molecular flexibility index (Phi) is 7.82. The smallest absolute Gasteiger partial charge is 0.188 e. The summed E-state index contributed by atoms with van der Waals surface area (Å²) < 4.78 is 0. The largest absolute Gasteiger partial charge is 0.342 e. The molecule has 1 atom stereocenters. The number of para-hydroxylation sites is 1. The van der Waals surface area contributed by atoms with E-state index in [2.05, 4.69) is 14.9 Å². The normalized spacial score (nSPS) is 19.0. The molecule has 2 aromatic heterocycles. The van der Waals surface area contributed by atoms with Gasteiger partial charge in [-0.15, -0.1) is 0 Å². The number of pyridine rings is 1. The van der Waals surface area contributed by atoms with E-state index in [9.17, 15) is 9.59 Å². The number of hydrogen-bond donors (Lipinski definition) is 1. The number of piperidine rings is 1. The van der Waals surface area contributed by atoms with Gasteiger partial charge in [0.15, 0.2) is 11.6 Å². The summed E-state index contributed by atoms with van der Waals surface area (Å²) in [6, 6.07) is 15.4. The van der Waals surface area contributed by atoms with Gasteiger partial charge in [-0.3, -0.25) is 14.6 Å². The molecule has 6 nitrogen and oxygen atoms in total. The molecule has 0 amide bonds. The van der Waals surface area contributed by atoms with Crippen LogP contribution in [0.15, 0.2) is 54.7 Å². The molecular formula is C33H38N4O2. The van der Waals surface area contributed by atoms with Crippen molar-refractivity contribution in [3.63, 3.8) is 0 Å². The number of fused-ring (bicyclic) bond motifs is 2. The molecule has 6 heteroatoms. The number of benzene rings is 2. The Morgan fingerprint density at radius 1 is 0.897 bits per heavy atom. The third-order valence-electron chi connectivity index (χ3n) is 8.73. The predicted octanol–water partition coefficient (Wildman–Crippen LogP) is 6.79. The van der Waals surface area contributed by atoms with Crippen LogP contribution in [0.25, 0.3) is 21.8 Å². The summed E-state index contributed by atoms with van der Waals surface area (Å²) >= 11 is 0. The monoisotopic (exact) mass is 522 g/mol. The van der Waals surface area contributed by atoms with Gasteiger partial charge in [-0.25, -0.2) is 4.98 Å². The summed E-state index contributed by atoms with van der Waals surface area (Å²) in [6.45, 7) is 3.59. The quantitative estimate of drug-likeness (QED) is 0.245. The third-order valence-corrected chi connectivity index (χ3v) is 8.73. The Hall–Kier alpha value is -3.38. The minimum Gasteiger partial charge on any atom is -0.342 e. The highest BCUT2D eigenvalue weighted by Crippen LogP contribution is 2.28. The standard InChI is InChI=1S/C33H38N4O2/c38-30(16-15-24-10-7-17-37(22-24)21-23-8-2-1-3-9-23)27-13-6-14-28-33(27)36-32(35-28)19-31(39)29-18-25-11-4-5-12-26(25)20-34-29/h4-6,11-14,18,20,23-24H,1-3,7-10,15-17,19,21-22H2,(H,35,36)/t24-/m0/s1. The number of carbonyl (C=O) groups excluding carboxylic acids is 2. The fourth-order valence-corrected chi connectivity index (χ4v) is 6.63. The average Bonchev–Trinajstić information content (AvgIpc) is 3.39. The van der Waals surface area contributed by atoms with Crippen LogP contribution in [-0.2, 0) is 6.42 Å². The van der Waals surface area contributed by atoms with Crippen LogP contribution in [-0.4, -0.2) is 51.1 Å². The van der Waals surface area contributed by atoms with E-state index in [1.165, 1.54) is 58.0 Å². The molecule has 0 spiro atoms. The van der Waals surface area contributed by atoms with Crippen molar-refractivity contribution in [3.8, 4) is 0 Å². The highest BCUT2D eigenvalue weighted by Gasteiger charge is 2.24. The molecule has 2 fully saturated rings. The Morgan fingerprint density at radius 2 is 1.72 bits per heavy atom. The summed E-state index contributed by atoms with van der Waals surface area (Å²) in [6.07, 6.45) is 12.8. The van der Waals surface area contributed by atoms with Gasteiger partial charge in [-0.05, 0) is 74.1 Å². The van der Waals surface area contributed by atoms with Crippen molar-refractivity contribution in [3.05, 3.63) is 71.8 Å². The van der Waals surface area contributed by atoms with Crippen molar-refractivity contribution in [1.82, 2.24) is 19.9 Å². The first kappa shape index (κ1) is 25.9. The lowest BCUT2D eigenvalue weighted by molar-refractivity contribution is 0.0948. The Labute approximate surface area is 230 Å². The van der Waals surface area contributed by atoms with Crippen LogP contribution in [0.5, 0.6) is 0 Å². The van der Waals surface area contributed by atoms with Crippen LogP contribution in [0.3, 0.4) is 0 Å². The van der Waals surface area contributed by atoms with Crippen molar-refractivity contribution < 1.29 is 9.59 Å². The molecule has 39 heavy (non-hydrogen) atoms. The molecule has 6 rings (SSSR count). The lowest BCUT2D eigenvalue weighted by Gasteiger charge is -2.36. The van der Waals surface area contributed by atoms with Crippen molar-refractivity contribution in [2.75, 3.05) is 19.6 Å². The number of Topliss-reactive ketones (excluding diaryl/α,β-unsaturated/α-hetero) is 2. The maximum Gasteiger partial charge on any atom is 0.188 e. The van der Waals surface area contributed by atoms with Crippen LogP contribution in [0.4, 0.5) is 0 Å². The second-order valence-corrected chi connectivity index (χ2v) is 11.6. The van der Waals surface area contributed by atoms with Crippen molar-refractivity contribution in [2.45, 2.75) is 64.2 Å². The number of hydrogen-bond acceptors (Lipinski definition) is 5. The number of aromatic amines is 1. The predicted molar refractivity (Wildman–Crippen MR) is 155 cm³/mol. The number of rotatable bonds is 9. The maximum atomic E-state index is 13.3. The summed E-state index contributed by atoms with van der Waals surface area (Å²) in [5.41, 5.74) is 2.54. The number of H-pyrrole nitrogens is 1. The first-order chi connectivity index (χ1) is 19.1. The molecule has 1 N–H and O–H groups in total. The Morgan fingerprint density at radius 3 is 2.59 bits per heavy atom. The van der Waals surface area contributed by atoms with Gasteiger partial charge in [0.25, 0.3) is 0 Å². The summed E-state index contributed by atoms with van der Waals surface area (Å²) in [5, 5.41) is 1.99. The molecule has 202 valence electrons. The van der Waals surface area contributed by atoms with E-state index in [0.29, 0.717) is 34.9 Å². The number of nitrogens with zero attached hydrogens (tertiary/aromatic N) is 3. The molecule has 1 saturated heterocycles. The molecule has 4 aromatic rings. The SMILES string of the molecule is O=C(Cc1nc2c(C(=O)CC[C@@H]3CCCN(CC4CCCCC4)C3)cccc2[nH]1)c1cc2ccccc2cn1. The van der Waals surface area contributed by atoms with Gasteiger partial charge in [-0.2, -0.15) is 0 Å². The molecule has 2 aromatic carbocycles. The summed E-state index contributed by atoms with van der Waals surface area (Å²) in [4.78, 5) is 41.3. The summed E-state index contributed by atoms with van der Waals surface area (Å²) in [7, 11) is 0. The topological polar surface area (TPSA) is 79.0 Å². The van der Waals surface area contributed by atoms with E-state index in [4.69, 9.17) is 4.98 Å². The fraction of sp³-hybridized carbons (Fsp3) is 0.455. The molecule has 0 radical (unpaired) electrons. The molecule has 1 aliphatic heterocycles. The fourth-order valence-electron chi connectivity index (χ4n) is 6.63. The van der Waals surface area contributed by atoms with Crippen LogP contribution in [0, 0.1) is 11.8 Å². The van der Waals surface area contributed by atoms with Crippen LogP contribution in [0.2, 0.25) is 0 Å². The molecule has 1 saturated carbocycles. The van der Waals surface area contributed by atoms with Gasteiger partial charge in [0.05, 0.1) is 17.5 Å². The van der Waals surface area contributed by atoms with Gasteiger partial charge in [0, 0.05) is 36.7 Å². The van der Waals surface area contributed by atoms with E-state index in [1.807, 2.05) is 48.5 Å². The zero-order chi connectivity index (χ0) is 26.6. The molecule has 0 unspecified atom stereocenters. The lowest BCUT2D eigenvalue weighted by Crippen LogP contribution is -2.39. The molecular weight excluding hydrogens is 484 g/mol. The zero-order valence-electron chi connectivity index (χ0n) is 22.7. The number of ketones is 2. The number of imidazole rings is 1. The van der Waals surface area contributed by atoms with Gasteiger partial charge in [0.1, 0.15) is 11.5 Å². The van der Waals surface area contributed by atoms with Crippen LogP contribution in [0.1, 0.15) is 84.5 Å². The summed E-state index contributed by atoms with van der Waals surface area (Å²) in [5.74, 6) is 2.07. The second kappa shape index (κ2) is 11.8. The van der Waals surface area contributed by atoms with Gasteiger partial charge < -0.3 is 9.88 Å². The average molecular weight is 523 g/mol. The highest BCUT2D eigenvalue weighted by molar-refractivity contribution is 6.06. The van der Waals surface area contributed by atoms with E-state index < -0.39 is 0 Å². The number of aromatic nitrogens is 3. The van der Waals surface area contributed by atoms with E-state index >= 15 is 0 Å². The van der Waals surface area contributed by atoms with Crippen molar-refractivity contribution in [1.29, 1.82) is 0 Å². The first-order valence-corrected chi connectivity index (χ1v) is 14.7. The number of nitrogens with one attached hydrogen (secondary N) is 1. The van der Waals surface area contributed by atoms with Crippen molar-refractivity contribution >= 4 is 33.4 Å². The first-order valence-electron chi connectivity index (χ1n) is 14.7. The van der Waals surface area contributed by atoms with E-state index in [-0.39, 0.29) is 18.0 Å². The lowest BCUT2D eigenvalue weighted by atomic mass is 9.87. The van der Waals surface area contributed by atoms with E-state index in [1.54, 1.807) is 6.20 Å².